The molecule has 4 rings (SSSR count). The molecule has 6 heteroatoms. The van der Waals surface area contributed by atoms with E-state index in [2.05, 4.69) is 9.88 Å². The Morgan fingerprint density at radius 1 is 1.41 bits per heavy atom. The molecule has 3 aliphatic rings. The predicted molar refractivity (Wildman–Crippen MR) is 77.9 cm³/mol. The second kappa shape index (κ2) is 5.59. The van der Waals surface area contributed by atoms with E-state index in [0.717, 1.165) is 31.8 Å². The molecule has 2 atom stereocenters. The average molecular weight is 305 g/mol. The molecule has 0 spiro atoms. The van der Waals surface area contributed by atoms with Crippen molar-refractivity contribution in [2.45, 2.75) is 25.0 Å². The smallest absolute Gasteiger partial charge is 0.257 e. The van der Waals surface area contributed by atoms with Crippen LogP contribution in [0.15, 0.2) is 18.5 Å². The van der Waals surface area contributed by atoms with Crippen LogP contribution in [0.3, 0.4) is 0 Å². The first kappa shape index (κ1) is 14.1. The summed E-state index contributed by atoms with van der Waals surface area (Å²) < 4.78 is 19.6. The number of carbonyl (C=O) groups excluding carboxylic acids is 1. The largest absolute Gasteiger partial charge is 0.373 e. The van der Waals surface area contributed by atoms with E-state index in [4.69, 9.17) is 4.74 Å². The Bertz CT molecular complexity index is 578. The molecule has 0 unspecified atom stereocenters. The van der Waals surface area contributed by atoms with Gasteiger partial charge in [0.1, 0.15) is 0 Å². The Hall–Kier alpha value is -1.53. The van der Waals surface area contributed by atoms with Gasteiger partial charge in [0, 0.05) is 32.4 Å². The summed E-state index contributed by atoms with van der Waals surface area (Å²) in [5.41, 5.74) is 0.0994. The van der Waals surface area contributed by atoms with Gasteiger partial charge in [0.05, 0.1) is 30.5 Å². The van der Waals surface area contributed by atoms with Gasteiger partial charge in [0.15, 0.2) is 5.82 Å². The molecule has 0 N–H and O–H groups in total. The predicted octanol–water partition coefficient (Wildman–Crippen LogP) is 1.16. The summed E-state index contributed by atoms with van der Waals surface area (Å²) >= 11 is 0. The van der Waals surface area contributed by atoms with Gasteiger partial charge in [0.2, 0.25) is 0 Å². The average Bonchev–Trinajstić information content (AvgIpc) is 3.22. The van der Waals surface area contributed by atoms with E-state index in [1.807, 2.05) is 0 Å². The Balaban J connectivity index is 1.48. The Morgan fingerprint density at radius 3 is 3.05 bits per heavy atom. The lowest BCUT2D eigenvalue weighted by Gasteiger charge is -2.36. The molecule has 118 valence electrons. The second-order valence-corrected chi connectivity index (χ2v) is 6.48. The molecule has 5 nitrogen and oxygen atoms in total. The zero-order valence-corrected chi connectivity index (χ0v) is 12.4. The van der Waals surface area contributed by atoms with Crippen LogP contribution in [0, 0.1) is 11.7 Å². The lowest BCUT2D eigenvalue weighted by molar-refractivity contribution is -0.0484. The van der Waals surface area contributed by atoms with Gasteiger partial charge in [-0.25, -0.2) is 4.39 Å². The van der Waals surface area contributed by atoms with Crippen molar-refractivity contribution < 1.29 is 13.9 Å². The minimum Gasteiger partial charge on any atom is -0.373 e. The topological polar surface area (TPSA) is 45.7 Å². The molecule has 2 saturated heterocycles. The summed E-state index contributed by atoms with van der Waals surface area (Å²) in [6.45, 7) is 3.93. The van der Waals surface area contributed by atoms with E-state index in [1.54, 1.807) is 4.90 Å². The second-order valence-electron chi connectivity index (χ2n) is 6.48. The highest BCUT2D eigenvalue weighted by Gasteiger charge is 2.43. The third kappa shape index (κ3) is 2.61. The number of aromatic nitrogens is 1. The summed E-state index contributed by atoms with van der Waals surface area (Å²) in [7, 11) is 0. The van der Waals surface area contributed by atoms with E-state index < -0.39 is 5.82 Å². The van der Waals surface area contributed by atoms with E-state index in [0.29, 0.717) is 13.1 Å². The SMILES string of the molecule is O=C(c1ccncc1F)N1C[C@@H]2OCCN(CC3CC3)[C@@H]2C1. The quantitative estimate of drug-likeness (QED) is 0.840. The zero-order chi connectivity index (χ0) is 15.1. The van der Waals surface area contributed by atoms with Crippen molar-refractivity contribution >= 4 is 5.91 Å². The minimum absolute atomic E-state index is 0.0568. The first-order valence-corrected chi connectivity index (χ1v) is 7.97. The monoisotopic (exact) mass is 305 g/mol. The maximum atomic E-state index is 13.8. The lowest BCUT2D eigenvalue weighted by atomic mass is 10.1. The number of ether oxygens (including phenoxy) is 1. The van der Waals surface area contributed by atoms with Crippen LogP contribution in [-0.4, -0.2) is 65.6 Å². The molecule has 1 saturated carbocycles. The summed E-state index contributed by atoms with van der Waals surface area (Å²) in [5.74, 6) is 0.00328. The highest BCUT2D eigenvalue weighted by Crippen LogP contribution is 2.33. The number of hydrogen-bond acceptors (Lipinski definition) is 4. The van der Waals surface area contributed by atoms with Gasteiger partial charge >= 0.3 is 0 Å². The number of morpholine rings is 1. The van der Waals surface area contributed by atoms with Crippen molar-refractivity contribution in [2.24, 2.45) is 5.92 Å². The molecule has 0 bridgehead atoms. The minimum atomic E-state index is -0.557. The summed E-state index contributed by atoms with van der Waals surface area (Å²) in [6, 6.07) is 1.70. The van der Waals surface area contributed by atoms with E-state index in [9.17, 15) is 9.18 Å². The Labute approximate surface area is 129 Å². The van der Waals surface area contributed by atoms with E-state index in [-0.39, 0.29) is 23.6 Å². The lowest BCUT2D eigenvalue weighted by Crippen LogP contribution is -2.51. The Kier molecular flexibility index (Phi) is 3.58. The summed E-state index contributed by atoms with van der Waals surface area (Å²) in [4.78, 5) is 20.4. The molecule has 22 heavy (non-hydrogen) atoms. The van der Waals surface area contributed by atoms with Crippen LogP contribution in [0.2, 0.25) is 0 Å². The third-order valence-electron chi connectivity index (χ3n) is 4.90. The number of nitrogens with zero attached hydrogens (tertiary/aromatic N) is 3. The molecular formula is C16H20FN3O2. The van der Waals surface area contributed by atoms with Gasteiger partial charge in [-0.15, -0.1) is 0 Å². The van der Waals surface area contributed by atoms with E-state index >= 15 is 0 Å². The van der Waals surface area contributed by atoms with E-state index in [1.165, 1.54) is 25.1 Å². The van der Waals surface area contributed by atoms with Gasteiger partial charge in [-0.2, -0.15) is 0 Å². The third-order valence-corrected chi connectivity index (χ3v) is 4.90. The van der Waals surface area contributed by atoms with Gasteiger partial charge in [-0.3, -0.25) is 14.7 Å². The molecule has 3 heterocycles. The molecule has 2 aliphatic heterocycles. The first-order valence-electron chi connectivity index (χ1n) is 7.97. The van der Waals surface area contributed by atoms with Crippen LogP contribution in [-0.2, 0) is 4.74 Å². The highest BCUT2D eigenvalue weighted by molar-refractivity contribution is 5.94. The first-order chi connectivity index (χ1) is 10.7. The number of amides is 1. The number of rotatable bonds is 3. The van der Waals surface area contributed by atoms with Crippen molar-refractivity contribution in [3.8, 4) is 0 Å². The van der Waals surface area contributed by atoms with Crippen molar-refractivity contribution in [1.82, 2.24) is 14.8 Å². The van der Waals surface area contributed by atoms with Crippen LogP contribution >= 0.6 is 0 Å². The van der Waals surface area contributed by atoms with Crippen LogP contribution in [0.4, 0.5) is 4.39 Å². The number of hydrogen-bond donors (Lipinski definition) is 0. The number of halogens is 1. The van der Waals surface area contributed by atoms with Crippen molar-refractivity contribution in [1.29, 1.82) is 0 Å². The zero-order valence-electron chi connectivity index (χ0n) is 12.4. The van der Waals surface area contributed by atoms with Crippen molar-refractivity contribution in [3.05, 3.63) is 29.8 Å². The van der Waals surface area contributed by atoms with Crippen molar-refractivity contribution in [2.75, 3.05) is 32.8 Å². The number of fused-ring (bicyclic) bond motifs is 1. The van der Waals surface area contributed by atoms with Gasteiger partial charge in [0.25, 0.3) is 5.91 Å². The van der Waals surface area contributed by atoms with Gasteiger partial charge in [-0.05, 0) is 24.8 Å². The molecular weight excluding hydrogens is 285 g/mol. The van der Waals surface area contributed by atoms with Crippen LogP contribution in [0.1, 0.15) is 23.2 Å². The normalized spacial score (nSPS) is 28.7. The van der Waals surface area contributed by atoms with Crippen LogP contribution in [0.25, 0.3) is 0 Å². The number of likely N-dealkylation sites (tertiary alicyclic amines) is 1. The molecule has 0 radical (unpaired) electrons. The molecule has 1 aromatic heterocycles. The van der Waals surface area contributed by atoms with Crippen molar-refractivity contribution in [3.63, 3.8) is 0 Å². The van der Waals surface area contributed by atoms with Crippen LogP contribution < -0.4 is 0 Å². The fourth-order valence-electron chi connectivity index (χ4n) is 3.50. The maximum absolute atomic E-state index is 13.8. The summed E-state index contributed by atoms with van der Waals surface area (Å²) in [5, 5.41) is 0. The summed E-state index contributed by atoms with van der Waals surface area (Å²) in [6.07, 6.45) is 5.24. The fourth-order valence-corrected chi connectivity index (χ4v) is 3.50. The highest BCUT2D eigenvalue weighted by atomic mass is 19.1. The van der Waals surface area contributed by atoms with Crippen LogP contribution in [0.5, 0.6) is 0 Å². The molecule has 1 aromatic rings. The molecule has 1 amide bonds. The maximum Gasteiger partial charge on any atom is 0.257 e. The van der Waals surface area contributed by atoms with Gasteiger partial charge < -0.3 is 9.64 Å². The molecule has 1 aliphatic carbocycles. The standard InChI is InChI=1S/C16H20FN3O2/c17-13-7-18-4-3-12(13)16(21)20-9-14-15(10-20)22-6-5-19(14)8-11-1-2-11/h3-4,7,11,14-15H,1-2,5-6,8-10H2/t14-,15+/m1/s1. The number of carbonyl (C=O) groups is 1. The molecule has 3 fully saturated rings. The number of pyridine rings is 1. The fraction of sp³-hybridized carbons (Fsp3) is 0.625. The Morgan fingerprint density at radius 2 is 2.27 bits per heavy atom. The molecule has 0 aromatic carbocycles. The van der Waals surface area contributed by atoms with Gasteiger partial charge in [-0.1, -0.05) is 0 Å².